The molecule has 2 aromatic rings. The minimum absolute atomic E-state index is 0. The quantitative estimate of drug-likeness (QED) is 0.694. The van der Waals surface area contributed by atoms with Gasteiger partial charge < -0.3 is 20.1 Å². The highest BCUT2D eigenvalue weighted by molar-refractivity contribution is 5.97. The molecule has 158 valence electrons. The molecular formula is C20H27ClN4O4. The van der Waals surface area contributed by atoms with Crippen molar-refractivity contribution in [2.45, 2.75) is 25.9 Å². The third-order valence-electron chi connectivity index (χ3n) is 4.73. The van der Waals surface area contributed by atoms with Gasteiger partial charge in [-0.3, -0.25) is 9.48 Å². The number of aromatic nitrogens is 2. The van der Waals surface area contributed by atoms with Gasteiger partial charge in [-0.1, -0.05) is 0 Å². The zero-order valence-electron chi connectivity index (χ0n) is 17.0. The molecule has 1 aliphatic rings. The van der Waals surface area contributed by atoms with Crippen LogP contribution >= 0.6 is 12.4 Å². The van der Waals surface area contributed by atoms with E-state index in [-0.39, 0.29) is 36.3 Å². The fraction of sp³-hybridized carbons (Fsp3) is 0.450. The number of ether oxygens (including phenoxy) is 2. The first-order valence-corrected chi connectivity index (χ1v) is 9.28. The molecule has 1 aromatic heterocycles. The van der Waals surface area contributed by atoms with Crippen LogP contribution in [0, 0.1) is 5.92 Å². The van der Waals surface area contributed by atoms with Gasteiger partial charge in [-0.15, -0.1) is 12.4 Å². The number of nitrogens with one attached hydrogen (secondary N) is 2. The van der Waals surface area contributed by atoms with E-state index in [0.717, 1.165) is 5.56 Å². The van der Waals surface area contributed by atoms with Gasteiger partial charge in [0.15, 0.2) is 0 Å². The van der Waals surface area contributed by atoms with Gasteiger partial charge in [-0.05, 0) is 37.6 Å². The minimum atomic E-state index is -0.470. The average Bonchev–Trinajstić information content (AvgIpc) is 3.30. The number of carbonyl (C=O) groups is 2. The largest absolute Gasteiger partial charge is 0.489 e. The number of esters is 1. The first-order valence-electron chi connectivity index (χ1n) is 9.28. The van der Waals surface area contributed by atoms with E-state index in [2.05, 4.69) is 15.7 Å². The third kappa shape index (κ3) is 5.27. The first kappa shape index (κ1) is 22.7. The van der Waals surface area contributed by atoms with E-state index in [1.807, 2.05) is 27.1 Å². The van der Waals surface area contributed by atoms with Crippen molar-refractivity contribution in [3.05, 3.63) is 41.7 Å². The maximum absolute atomic E-state index is 13.0. The summed E-state index contributed by atoms with van der Waals surface area (Å²) in [6, 6.07) is 4.88. The van der Waals surface area contributed by atoms with E-state index in [9.17, 15) is 9.59 Å². The summed E-state index contributed by atoms with van der Waals surface area (Å²) in [6.45, 7) is 5.09. The number of anilines is 1. The monoisotopic (exact) mass is 422 g/mol. The average molecular weight is 423 g/mol. The van der Waals surface area contributed by atoms with Crippen LogP contribution < -0.4 is 15.4 Å². The van der Waals surface area contributed by atoms with Gasteiger partial charge in [0, 0.05) is 32.3 Å². The Balaban J connectivity index is 0.00000300. The van der Waals surface area contributed by atoms with Crippen LogP contribution in [0.4, 0.5) is 5.69 Å². The fourth-order valence-corrected chi connectivity index (χ4v) is 3.39. The molecule has 2 atom stereocenters. The first-order chi connectivity index (χ1) is 13.4. The topological polar surface area (TPSA) is 94.5 Å². The molecule has 1 saturated heterocycles. The summed E-state index contributed by atoms with van der Waals surface area (Å²) < 4.78 is 12.3. The summed E-state index contributed by atoms with van der Waals surface area (Å²) in [7, 11) is 3.18. The number of aryl methyl sites for hydroxylation is 1. The smallest absolute Gasteiger partial charge is 0.337 e. The number of amides is 1. The molecule has 2 N–H and O–H groups in total. The molecule has 0 radical (unpaired) electrons. The maximum atomic E-state index is 13.0. The summed E-state index contributed by atoms with van der Waals surface area (Å²) in [5, 5.41) is 10.4. The van der Waals surface area contributed by atoms with E-state index in [1.54, 1.807) is 29.1 Å². The van der Waals surface area contributed by atoms with Crippen LogP contribution in [0.15, 0.2) is 30.6 Å². The molecule has 2 heterocycles. The Morgan fingerprint density at radius 2 is 2.07 bits per heavy atom. The van der Waals surface area contributed by atoms with Crippen molar-refractivity contribution in [2.75, 3.05) is 25.5 Å². The van der Waals surface area contributed by atoms with Crippen molar-refractivity contribution in [1.29, 1.82) is 0 Å². The van der Waals surface area contributed by atoms with Crippen LogP contribution in [0.25, 0.3) is 0 Å². The zero-order valence-corrected chi connectivity index (χ0v) is 17.8. The standard InChI is InChI=1S/C20H26N4O4.ClH/c1-12(2)28-18-6-5-13(20(26)27-4)7-17(18)23-19(25)16-10-21-9-15(16)14-8-22-24(3)11-14;/h5-8,11-12,15-16,21H,9-10H2,1-4H3,(H,23,25);1H/t15-,16+;/m1./s1. The predicted molar refractivity (Wildman–Crippen MR) is 112 cm³/mol. The van der Waals surface area contributed by atoms with E-state index in [4.69, 9.17) is 9.47 Å². The molecule has 3 rings (SSSR count). The van der Waals surface area contributed by atoms with Gasteiger partial charge in [0.25, 0.3) is 0 Å². The number of hydrogen-bond donors (Lipinski definition) is 2. The third-order valence-corrected chi connectivity index (χ3v) is 4.73. The minimum Gasteiger partial charge on any atom is -0.489 e. The van der Waals surface area contributed by atoms with Gasteiger partial charge in [0.05, 0.1) is 36.6 Å². The van der Waals surface area contributed by atoms with Gasteiger partial charge in [-0.2, -0.15) is 5.10 Å². The van der Waals surface area contributed by atoms with Gasteiger partial charge in [-0.25, -0.2) is 4.79 Å². The summed E-state index contributed by atoms with van der Waals surface area (Å²) in [6.07, 6.45) is 3.66. The highest BCUT2D eigenvalue weighted by atomic mass is 35.5. The van der Waals surface area contributed by atoms with Crippen LogP contribution in [-0.2, 0) is 16.6 Å². The molecular weight excluding hydrogens is 396 g/mol. The molecule has 1 aromatic carbocycles. The lowest BCUT2D eigenvalue weighted by molar-refractivity contribution is -0.119. The Morgan fingerprint density at radius 1 is 1.31 bits per heavy atom. The van der Waals surface area contributed by atoms with Crippen LogP contribution in [-0.4, -0.2) is 48.0 Å². The van der Waals surface area contributed by atoms with E-state index < -0.39 is 5.97 Å². The number of halogens is 1. The molecule has 0 unspecified atom stereocenters. The van der Waals surface area contributed by atoms with Gasteiger partial charge >= 0.3 is 5.97 Å². The second-order valence-corrected chi connectivity index (χ2v) is 7.18. The Morgan fingerprint density at radius 3 is 2.69 bits per heavy atom. The molecule has 0 bridgehead atoms. The van der Waals surface area contributed by atoms with E-state index in [1.165, 1.54) is 7.11 Å². The Kier molecular flexibility index (Phi) is 7.64. The number of rotatable bonds is 6. The molecule has 9 heteroatoms. The molecule has 1 fully saturated rings. The SMILES string of the molecule is COC(=O)c1ccc(OC(C)C)c(NC(=O)[C@H]2CNC[C@@H]2c2cnn(C)c2)c1.Cl. The van der Waals surface area contributed by atoms with E-state index in [0.29, 0.717) is 30.1 Å². The Labute approximate surface area is 176 Å². The van der Waals surface area contributed by atoms with Crippen molar-refractivity contribution >= 4 is 30.0 Å². The summed E-state index contributed by atoms with van der Waals surface area (Å²) >= 11 is 0. The molecule has 1 aliphatic heterocycles. The summed E-state index contributed by atoms with van der Waals surface area (Å²) in [5.41, 5.74) is 1.83. The van der Waals surface area contributed by atoms with E-state index >= 15 is 0 Å². The zero-order chi connectivity index (χ0) is 20.3. The lowest BCUT2D eigenvalue weighted by atomic mass is 9.90. The number of hydrogen-bond acceptors (Lipinski definition) is 6. The fourth-order valence-electron chi connectivity index (χ4n) is 3.39. The van der Waals surface area contributed by atoms with Crippen molar-refractivity contribution in [3.63, 3.8) is 0 Å². The summed E-state index contributed by atoms with van der Waals surface area (Å²) in [5.74, 6) is -0.304. The van der Waals surface area contributed by atoms with Crippen molar-refractivity contribution < 1.29 is 19.1 Å². The maximum Gasteiger partial charge on any atom is 0.337 e. The van der Waals surface area contributed by atoms with Crippen LogP contribution in [0.1, 0.15) is 35.7 Å². The van der Waals surface area contributed by atoms with Gasteiger partial charge in [0.1, 0.15) is 5.75 Å². The lowest BCUT2D eigenvalue weighted by Gasteiger charge is -2.20. The predicted octanol–water partition coefficient (Wildman–Crippen LogP) is 2.36. The molecule has 29 heavy (non-hydrogen) atoms. The number of benzene rings is 1. The highest BCUT2D eigenvalue weighted by Crippen LogP contribution is 2.32. The molecule has 0 saturated carbocycles. The molecule has 0 aliphatic carbocycles. The normalized spacial score (nSPS) is 18.2. The molecule has 1 amide bonds. The van der Waals surface area contributed by atoms with Gasteiger partial charge in [0.2, 0.25) is 5.91 Å². The molecule has 8 nitrogen and oxygen atoms in total. The second kappa shape index (κ2) is 9.76. The van der Waals surface area contributed by atoms with Crippen LogP contribution in [0.5, 0.6) is 5.75 Å². The van der Waals surface area contributed by atoms with Crippen LogP contribution in [0.2, 0.25) is 0 Å². The van der Waals surface area contributed by atoms with Crippen molar-refractivity contribution in [3.8, 4) is 5.75 Å². The van der Waals surface area contributed by atoms with Crippen molar-refractivity contribution in [2.24, 2.45) is 13.0 Å². The second-order valence-electron chi connectivity index (χ2n) is 7.18. The Hall–Kier alpha value is -2.58. The lowest BCUT2D eigenvalue weighted by Crippen LogP contribution is -2.28. The van der Waals surface area contributed by atoms with Crippen LogP contribution in [0.3, 0.4) is 0 Å². The number of nitrogens with zero attached hydrogens (tertiary/aromatic N) is 2. The molecule has 0 spiro atoms. The summed E-state index contributed by atoms with van der Waals surface area (Å²) in [4.78, 5) is 24.9. The number of methoxy groups -OCH3 is 1. The van der Waals surface area contributed by atoms with Crippen molar-refractivity contribution in [1.82, 2.24) is 15.1 Å². The number of carbonyl (C=O) groups excluding carboxylic acids is 2. The Bertz CT molecular complexity index is 868. The highest BCUT2D eigenvalue weighted by Gasteiger charge is 2.35.